The summed E-state index contributed by atoms with van der Waals surface area (Å²) in [5.74, 6) is 5.39. The smallest absolute Gasteiger partial charge is 0.295 e. The van der Waals surface area contributed by atoms with E-state index < -0.39 is 10.1 Å². The first-order valence-electron chi connectivity index (χ1n) is 9.24. The molecule has 0 saturated carbocycles. The highest BCUT2D eigenvalue weighted by atomic mass is 32.2. The third-order valence-corrected chi connectivity index (χ3v) is 5.72. The first-order chi connectivity index (χ1) is 14.9. The zero-order valence-electron chi connectivity index (χ0n) is 16.2. The molecule has 0 fully saturated rings. The first kappa shape index (κ1) is 20.5. The van der Waals surface area contributed by atoms with Crippen LogP contribution in [-0.2, 0) is 10.1 Å². The van der Waals surface area contributed by atoms with Crippen molar-refractivity contribution in [3.8, 4) is 11.1 Å². The minimum atomic E-state index is -4.46. The van der Waals surface area contributed by atoms with Crippen LogP contribution in [0.3, 0.4) is 0 Å². The Labute approximate surface area is 179 Å². The van der Waals surface area contributed by atoms with E-state index in [4.69, 9.17) is 11.6 Å². The van der Waals surface area contributed by atoms with E-state index in [1.807, 2.05) is 36.4 Å². The SMILES string of the molecule is NNc1ccc(-c2ccc(N=Nc3cc(S(=O)(=O)O)c4ccccc4c3N)cc2)cc1. The fourth-order valence-electron chi connectivity index (χ4n) is 3.24. The number of benzene rings is 4. The van der Waals surface area contributed by atoms with Crippen LogP contribution in [0.25, 0.3) is 21.9 Å². The zero-order chi connectivity index (χ0) is 22.0. The van der Waals surface area contributed by atoms with Crippen molar-refractivity contribution in [3.05, 3.63) is 78.9 Å². The van der Waals surface area contributed by atoms with Crippen molar-refractivity contribution < 1.29 is 13.0 Å². The molecule has 9 heteroatoms. The van der Waals surface area contributed by atoms with E-state index in [-0.39, 0.29) is 16.3 Å². The van der Waals surface area contributed by atoms with Crippen LogP contribution in [0.5, 0.6) is 0 Å². The van der Waals surface area contributed by atoms with Gasteiger partial charge >= 0.3 is 0 Å². The fourth-order valence-corrected chi connectivity index (χ4v) is 3.95. The normalized spacial score (nSPS) is 11.8. The van der Waals surface area contributed by atoms with Crippen LogP contribution in [-0.4, -0.2) is 13.0 Å². The largest absolute Gasteiger partial charge is 0.396 e. The van der Waals surface area contributed by atoms with Gasteiger partial charge in [-0.15, -0.1) is 5.11 Å². The third kappa shape index (κ3) is 4.24. The van der Waals surface area contributed by atoms with E-state index in [9.17, 15) is 13.0 Å². The van der Waals surface area contributed by atoms with Gasteiger partial charge in [0.2, 0.25) is 0 Å². The maximum absolute atomic E-state index is 11.8. The van der Waals surface area contributed by atoms with Crippen molar-refractivity contribution in [3.63, 3.8) is 0 Å². The second kappa shape index (κ2) is 8.15. The Balaban J connectivity index is 1.67. The Hall–Kier alpha value is -3.79. The van der Waals surface area contributed by atoms with Crippen LogP contribution in [0.2, 0.25) is 0 Å². The summed E-state index contributed by atoms with van der Waals surface area (Å²) >= 11 is 0. The minimum Gasteiger partial charge on any atom is -0.396 e. The van der Waals surface area contributed by atoms with Gasteiger partial charge in [-0.1, -0.05) is 48.5 Å². The molecule has 31 heavy (non-hydrogen) atoms. The van der Waals surface area contributed by atoms with E-state index in [0.717, 1.165) is 16.8 Å². The van der Waals surface area contributed by atoms with Gasteiger partial charge in [0, 0.05) is 16.5 Å². The molecule has 0 aliphatic rings. The quantitative estimate of drug-likeness (QED) is 0.114. The van der Waals surface area contributed by atoms with Crippen LogP contribution in [0.1, 0.15) is 0 Å². The Bertz CT molecular complexity index is 1380. The molecular weight excluding hydrogens is 414 g/mol. The molecule has 0 bridgehead atoms. The first-order valence-corrected chi connectivity index (χ1v) is 10.7. The lowest BCUT2D eigenvalue weighted by Gasteiger charge is -2.09. The number of nitrogen functional groups attached to an aromatic ring is 2. The summed E-state index contributed by atoms with van der Waals surface area (Å²) < 4.78 is 33.3. The second-order valence-corrected chi connectivity index (χ2v) is 8.19. The Morgan fingerprint density at radius 3 is 1.97 bits per heavy atom. The van der Waals surface area contributed by atoms with E-state index in [0.29, 0.717) is 16.5 Å². The molecule has 4 rings (SSSR count). The Kier molecular flexibility index (Phi) is 5.38. The van der Waals surface area contributed by atoms with Crippen molar-refractivity contribution >= 4 is 43.6 Å². The molecule has 0 spiro atoms. The predicted octanol–water partition coefficient (Wildman–Crippen LogP) is 5.04. The lowest BCUT2D eigenvalue weighted by molar-refractivity contribution is 0.484. The standard InChI is InChI=1S/C22H19N5O3S/c23-22-19-4-2-1-3-18(19)21(31(28,29)30)13-20(22)27-26-17-11-7-15(8-12-17)14-5-9-16(25-24)10-6-14/h1-13,25H,23-24H2,(H,28,29,30). The number of anilines is 2. The van der Waals surface area contributed by atoms with E-state index in [1.165, 1.54) is 6.07 Å². The molecular formula is C22H19N5O3S. The van der Waals surface area contributed by atoms with E-state index in [2.05, 4.69) is 15.7 Å². The molecule has 0 aliphatic heterocycles. The van der Waals surface area contributed by atoms with Gasteiger partial charge in [-0.3, -0.25) is 10.4 Å². The van der Waals surface area contributed by atoms with Crippen LogP contribution >= 0.6 is 0 Å². The van der Waals surface area contributed by atoms with Crippen LogP contribution < -0.4 is 17.0 Å². The number of fused-ring (bicyclic) bond motifs is 1. The maximum Gasteiger partial charge on any atom is 0.295 e. The number of hydrazine groups is 1. The lowest BCUT2D eigenvalue weighted by Crippen LogP contribution is -2.05. The van der Waals surface area contributed by atoms with Gasteiger partial charge in [-0.2, -0.15) is 13.5 Å². The van der Waals surface area contributed by atoms with Gasteiger partial charge in [0.15, 0.2) is 0 Å². The van der Waals surface area contributed by atoms with Gasteiger partial charge in [0.05, 0.1) is 11.4 Å². The van der Waals surface area contributed by atoms with Gasteiger partial charge in [-0.25, -0.2) is 0 Å². The van der Waals surface area contributed by atoms with Crippen molar-refractivity contribution in [2.24, 2.45) is 16.1 Å². The summed E-state index contributed by atoms with van der Waals surface area (Å²) in [6, 6.07) is 22.8. The second-order valence-electron chi connectivity index (χ2n) is 6.80. The predicted molar refractivity (Wildman–Crippen MR) is 122 cm³/mol. The summed E-state index contributed by atoms with van der Waals surface area (Å²) in [4.78, 5) is -0.267. The van der Waals surface area contributed by atoms with Crippen LogP contribution in [0.15, 0.2) is 94.0 Å². The number of nitrogens with two attached hydrogens (primary N) is 2. The zero-order valence-corrected chi connectivity index (χ0v) is 17.0. The molecule has 0 aromatic heterocycles. The van der Waals surface area contributed by atoms with Gasteiger partial charge in [0.1, 0.15) is 10.6 Å². The third-order valence-electron chi connectivity index (χ3n) is 4.83. The number of rotatable bonds is 5. The fraction of sp³-hybridized carbons (Fsp3) is 0. The molecule has 156 valence electrons. The molecule has 0 saturated heterocycles. The minimum absolute atomic E-state index is 0.153. The number of nitrogens with zero attached hydrogens (tertiary/aromatic N) is 2. The van der Waals surface area contributed by atoms with Gasteiger partial charge < -0.3 is 11.2 Å². The van der Waals surface area contributed by atoms with Crippen molar-refractivity contribution in [1.82, 2.24) is 0 Å². The summed E-state index contributed by atoms with van der Waals surface area (Å²) in [5.41, 5.74) is 12.6. The van der Waals surface area contributed by atoms with Gasteiger partial charge in [0.25, 0.3) is 10.1 Å². The molecule has 6 N–H and O–H groups in total. The van der Waals surface area contributed by atoms with Gasteiger partial charge in [-0.05, 0) is 41.5 Å². The lowest BCUT2D eigenvalue weighted by atomic mass is 10.1. The molecule has 4 aromatic carbocycles. The summed E-state index contributed by atoms with van der Waals surface area (Å²) in [5, 5.41) is 9.09. The summed E-state index contributed by atoms with van der Waals surface area (Å²) in [6.07, 6.45) is 0. The summed E-state index contributed by atoms with van der Waals surface area (Å²) in [7, 11) is -4.46. The molecule has 0 radical (unpaired) electrons. The molecule has 4 aromatic rings. The molecule has 0 aliphatic carbocycles. The molecule has 0 atom stereocenters. The molecule has 0 unspecified atom stereocenters. The van der Waals surface area contributed by atoms with Crippen molar-refractivity contribution in [2.75, 3.05) is 11.2 Å². The summed E-state index contributed by atoms with van der Waals surface area (Å²) in [6.45, 7) is 0. The van der Waals surface area contributed by atoms with Crippen molar-refractivity contribution in [2.45, 2.75) is 4.90 Å². The maximum atomic E-state index is 11.8. The van der Waals surface area contributed by atoms with Crippen LogP contribution in [0, 0.1) is 0 Å². The average molecular weight is 433 g/mol. The average Bonchev–Trinajstić information content (AvgIpc) is 2.78. The highest BCUT2D eigenvalue weighted by Crippen LogP contribution is 2.36. The number of nitrogens with one attached hydrogen (secondary N) is 1. The molecule has 0 heterocycles. The topological polar surface area (TPSA) is 143 Å². The number of hydrogen-bond acceptors (Lipinski definition) is 7. The van der Waals surface area contributed by atoms with Crippen LogP contribution in [0.4, 0.5) is 22.7 Å². The Morgan fingerprint density at radius 1 is 0.806 bits per heavy atom. The highest BCUT2D eigenvalue weighted by Gasteiger charge is 2.18. The Morgan fingerprint density at radius 2 is 1.39 bits per heavy atom. The number of azo groups is 1. The van der Waals surface area contributed by atoms with Crippen molar-refractivity contribution in [1.29, 1.82) is 0 Å². The van der Waals surface area contributed by atoms with E-state index in [1.54, 1.807) is 36.4 Å². The molecule has 8 nitrogen and oxygen atoms in total. The van der Waals surface area contributed by atoms with E-state index >= 15 is 0 Å². The highest BCUT2D eigenvalue weighted by molar-refractivity contribution is 7.86. The monoisotopic (exact) mass is 433 g/mol. The molecule has 0 amide bonds. The number of hydrogen-bond donors (Lipinski definition) is 4.